The number of fused-ring (bicyclic) bond motifs is 9. The summed E-state index contributed by atoms with van der Waals surface area (Å²) in [5.41, 5.74) is 8.01. The van der Waals surface area contributed by atoms with Crippen LogP contribution in [0, 0.1) is 0 Å². The fraction of sp³-hybridized carbons (Fsp3) is 0. The van der Waals surface area contributed by atoms with Gasteiger partial charge in [0.1, 0.15) is 0 Å². The van der Waals surface area contributed by atoms with Gasteiger partial charge >= 0.3 is 0 Å². The zero-order chi connectivity index (χ0) is 26.2. The normalized spacial score (nSPS) is 12.0. The second-order valence-electron chi connectivity index (χ2n) is 10.0. The van der Waals surface area contributed by atoms with Crippen molar-refractivity contribution in [2.24, 2.45) is 0 Å². The van der Waals surface area contributed by atoms with E-state index in [4.69, 9.17) is 9.97 Å². The summed E-state index contributed by atoms with van der Waals surface area (Å²) in [7, 11) is 0. The molecule has 0 aliphatic carbocycles. The molecule has 0 fully saturated rings. The molecule has 0 N–H and O–H groups in total. The fourth-order valence-electron chi connectivity index (χ4n) is 6.13. The zero-order valence-corrected chi connectivity index (χ0v) is 21.2. The van der Waals surface area contributed by atoms with Crippen molar-refractivity contribution in [3.63, 3.8) is 0 Å². The summed E-state index contributed by atoms with van der Waals surface area (Å²) in [6.07, 6.45) is 5.38. The number of rotatable bonds is 2. The number of nitrogens with zero attached hydrogens (tertiary/aromatic N) is 6. The van der Waals surface area contributed by atoms with Gasteiger partial charge in [-0.1, -0.05) is 66.7 Å². The molecule has 0 saturated carbocycles. The fourth-order valence-corrected chi connectivity index (χ4v) is 6.13. The highest BCUT2D eigenvalue weighted by Crippen LogP contribution is 2.41. The molecular weight excluding hydrogens is 492 g/mol. The topological polar surface area (TPSA) is 61.4 Å². The van der Waals surface area contributed by atoms with Gasteiger partial charge < -0.3 is 4.57 Å². The molecule has 40 heavy (non-hydrogen) atoms. The lowest BCUT2D eigenvalue weighted by Crippen LogP contribution is -2.03. The Bertz CT molecular complexity index is 2440. The first kappa shape index (κ1) is 21.3. The van der Waals surface area contributed by atoms with Gasteiger partial charge in [0, 0.05) is 51.2 Å². The predicted octanol–water partition coefficient (Wildman–Crippen LogP) is 7.77. The van der Waals surface area contributed by atoms with Gasteiger partial charge in [-0.15, -0.1) is 0 Å². The maximum Gasteiger partial charge on any atom is 0.235 e. The van der Waals surface area contributed by atoms with Crippen molar-refractivity contribution >= 4 is 65.5 Å². The van der Waals surface area contributed by atoms with E-state index in [1.165, 1.54) is 10.8 Å². The molecule has 9 rings (SSSR count). The second kappa shape index (κ2) is 7.94. The Kier molecular flexibility index (Phi) is 4.24. The highest BCUT2D eigenvalue weighted by atomic mass is 15.2. The van der Waals surface area contributed by atoms with E-state index in [9.17, 15) is 0 Å². The molecule has 0 bridgehead atoms. The third-order valence-electron chi connectivity index (χ3n) is 7.84. The van der Waals surface area contributed by atoms with Gasteiger partial charge in [0.05, 0.1) is 38.6 Å². The van der Waals surface area contributed by atoms with Crippen molar-refractivity contribution in [1.29, 1.82) is 0 Å². The molecule has 6 nitrogen and oxygen atoms in total. The monoisotopic (exact) mass is 512 g/mol. The highest BCUT2D eigenvalue weighted by molar-refractivity contribution is 6.24. The molecule has 186 valence electrons. The lowest BCUT2D eigenvalue weighted by molar-refractivity contribution is 1.01. The third-order valence-corrected chi connectivity index (χ3v) is 7.84. The van der Waals surface area contributed by atoms with E-state index in [1.54, 1.807) is 12.4 Å². The lowest BCUT2D eigenvalue weighted by atomic mass is 10.1. The maximum absolute atomic E-state index is 5.07. The van der Waals surface area contributed by atoms with Crippen LogP contribution in [0.4, 0.5) is 0 Å². The number of hydrogen-bond donors (Lipinski definition) is 0. The molecule has 0 aliphatic rings. The number of para-hydroxylation sites is 3. The van der Waals surface area contributed by atoms with E-state index in [1.807, 2.05) is 30.5 Å². The van der Waals surface area contributed by atoms with Crippen LogP contribution < -0.4 is 0 Å². The molecule has 5 aromatic carbocycles. The minimum atomic E-state index is 0.624. The molecule has 0 atom stereocenters. The minimum absolute atomic E-state index is 0.624. The molecule has 0 spiro atoms. The molecule has 0 amide bonds. The van der Waals surface area contributed by atoms with Gasteiger partial charge in [-0.05, 0) is 36.4 Å². The Morgan fingerprint density at radius 2 is 1.18 bits per heavy atom. The molecule has 0 radical (unpaired) electrons. The lowest BCUT2D eigenvalue weighted by Gasteiger charge is -2.11. The average Bonchev–Trinajstić information content (AvgIpc) is 3.52. The summed E-state index contributed by atoms with van der Waals surface area (Å²) >= 11 is 0. The first-order valence-corrected chi connectivity index (χ1v) is 13.2. The first-order chi connectivity index (χ1) is 19.8. The van der Waals surface area contributed by atoms with E-state index in [0.717, 1.165) is 60.5 Å². The third kappa shape index (κ3) is 2.87. The maximum atomic E-state index is 5.07. The number of benzene rings is 5. The van der Waals surface area contributed by atoms with Gasteiger partial charge in [0.15, 0.2) is 0 Å². The van der Waals surface area contributed by atoms with E-state index >= 15 is 0 Å². The Balaban J connectivity index is 1.56. The first-order valence-electron chi connectivity index (χ1n) is 13.2. The van der Waals surface area contributed by atoms with Gasteiger partial charge in [-0.25, -0.2) is 9.97 Å². The molecule has 0 aliphatic heterocycles. The van der Waals surface area contributed by atoms with Gasteiger partial charge in [0.25, 0.3) is 0 Å². The predicted molar refractivity (Wildman–Crippen MR) is 161 cm³/mol. The Labute approximate surface area is 227 Å². The van der Waals surface area contributed by atoms with E-state index in [0.29, 0.717) is 5.95 Å². The zero-order valence-electron chi connectivity index (χ0n) is 21.2. The van der Waals surface area contributed by atoms with Crippen molar-refractivity contribution in [2.75, 3.05) is 0 Å². The summed E-state index contributed by atoms with van der Waals surface area (Å²) in [6, 6.07) is 36.0. The van der Waals surface area contributed by atoms with E-state index < -0.39 is 0 Å². The molecule has 0 saturated heterocycles. The van der Waals surface area contributed by atoms with Crippen LogP contribution in [0.2, 0.25) is 0 Å². The number of hydrogen-bond acceptors (Lipinski definition) is 4. The summed E-state index contributed by atoms with van der Waals surface area (Å²) in [5.74, 6) is 0.624. The van der Waals surface area contributed by atoms with Gasteiger partial charge in [0.2, 0.25) is 5.95 Å². The van der Waals surface area contributed by atoms with Crippen molar-refractivity contribution in [1.82, 2.24) is 29.1 Å². The molecule has 4 aromatic heterocycles. The second-order valence-corrected chi connectivity index (χ2v) is 10.0. The van der Waals surface area contributed by atoms with Crippen molar-refractivity contribution in [3.8, 4) is 11.6 Å². The van der Waals surface area contributed by atoms with Crippen LogP contribution in [0.3, 0.4) is 0 Å². The van der Waals surface area contributed by atoms with Crippen molar-refractivity contribution in [2.45, 2.75) is 0 Å². The van der Waals surface area contributed by atoms with E-state index in [-0.39, 0.29) is 0 Å². The minimum Gasteiger partial charge on any atom is -0.307 e. The van der Waals surface area contributed by atoms with Gasteiger partial charge in [-0.3, -0.25) is 14.5 Å². The smallest absolute Gasteiger partial charge is 0.235 e. The average molecular weight is 513 g/mol. The largest absolute Gasteiger partial charge is 0.307 e. The SMILES string of the molecule is c1ccc(-n2c3ccccc3c3ccc4c5cc6nccnc6cc5n(-c5ncc6ccccc6n5)c4c32)cc1. The molecular formula is C34H20N6. The van der Waals surface area contributed by atoms with Crippen LogP contribution in [0.15, 0.2) is 122 Å². The van der Waals surface area contributed by atoms with Crippen LogP contribution in [0.25, 0.3) is 77.2 Å². The van der Waals surface area contributed by atoms with Crippen LogP contribution in [-0.2, 0) is 0 Å². The van der Waals surface area contributed by atoms with Crippen molar-refractivity contribution in [3.05, 3.63) is 122 Å². The Morgan fingerprint density at radius 3 is 2.05 bits per heavy atom. The molecule has 0 unspecified atom stereocenters. The van der Waals surface area contributed by atoms with Crippen LogP contribution in [0.5, 0.6) is 0 Å². The Morgan fingerprint density at radius 1 is 0.475 bits per heavy atom. The number of aromatic nitrogens is 6. The highest BCUT2D eigenvalue weighted by Gasteiger charge is 2.22. The summed E-state index contributed by atoms with van der Waals surface area (Å²) in [4.78, 5) is 19.2. The van der Waals surface area contributed by atoms with Crippen molar-refractivity contribution < 1.29 is 0 Å². The van der Waals surface area contributed by atoms with Crippen LogP contribution in [-0.4, -0.2) is 29.1 Å². The Hall–Kier alpha value is -5.62. The molecule has 6 heteroatoms. The van der Waals surface area contributed by atoms with Crippen LogP contribution in [0.1, 0.15) is 0 Å². The summed E-state index contributed by atoms with van der Waals surface area (Å²) in [6.45, 7) is 0. The summed E-state index contributed by atoms with van der Waals surface area (Å²) < 4.78 is 4.56. The van der Waals surface area contributed by atoms with E-state index in [2.05, 4.69) is 98.0 Å². The quantitative estimate of drug-likeness (QED) is 0.237. The molecule has 9 aromatic rings. The van der Waals surface area contributed by atoms with Gasteiger partial charge in [-0.2, -0.15) is 0 Å². The van der Waals surface area contributed by atoms with Crippen LogP contribution >= 0.6 is 0 Å². The molecule has 4 heterocycles. The standard InChI is InChI=1S/C34H20N6/c1-2-9-22(10-3-1)39-30-13-7-5-11-23(30)24-14-15-25-26-18-28-29(36-17-16-35-28)19-31(26)40(33(25)32(24)39)34-37-20-21-8-4-6-12-27(21)38-34/h1-20H. The summed E-state index contributed by atoms with van der Waals surface area (Å²) in [5, 5.41) is 5.59.